The monoisotopic (exact) mass is 488 g/mol. The van der Waals surface area contributed by atoms with Gasteiger partial charge in [-0.1, -0.05) is 30.3 Å². The highest BCUT2D eigenvalue weighted by atomic mass is 16.5. The van der Waals surface area contributed by atoms with Crippen LogP contribution in [-0.2, 0) is 16.6 Å². The highest BCUT2D eigenvalue weighted by molar-refractivity contribution is 6.07. The molecule has 2 aromatic carbocycles. The number of nitrogens with zero attached hydrogens (tertiary/aromatic N) is 2. The van der Waals surface area contributed by atoms with Crippen LogP contribution in [0.25, 0.3) is 5.69 Å². The lowest BCUT2D eigenvalue weighted by molar-refractivity contribution is -0.123. The number of furan rings is 1. The first-order valence-corrected chi connectivity index (χ1v) is 11.1. The van der Waals surface area contributed by atoms with Gasteiger partial charge in [0.15, 0.2) is 11.9 Å². The predicted octanol–water partition coefficient (Wildman–Crippen LogP) is 3.51. The van der Waals surface area contributed by atoms with Crippen LogP contribution in [-0.4, -0.2) is 33.3 Å². The van der Waals surface area contributed by atoms with Crippen molar-refractivity contribution in [2.24, 2.45) is 7.05 Å². The Labute approximate surface area is 206 Å². The minimum absolute atomic E-state index is 0.0550. The molecule has 2 aromatic heterocycles. The molecular formula is C26H24N4O6. The van der Waals surface area contributed by atoms with Crippen LogP contribution in [0.1, 0.15) is 33.5 Å². The van der Waals surface area contributed by atoms with Gasteiger partial charge in [0.1, 0.15) is 5.69 Å². The van der Waals surface area contributed by atoms with E-state index in [0.717, 1.165) is 0 Å². The summed E-state index contributed by atoms with van der Waals surface area (Å²) in [5.74, 6) is -1.96. The van der Waals surface area contributed by atoms with Crippen molar-refractivity contribution in [3.63, 3.8) is 0 Å². The van der Waals surface area contributed by atoms with Gasteiger partial charge in [-0.15, -0.1) is 0 Å². The van der Waals surface area contributed by atoms with Gasteiger partial charge in [-0.3, -0.25) is 19.1 Å². The molecule has 0 fully saturated rings. The lowest BCUT2D eigenvalue weighted by atomic mass is 10.1. The van der Waals surface area contributed by atoms with Crippen molar-refractivity contribution in [1.82, 2.24) is 9.36 Å². The molecule has 2 heterocycles. The minimum Gasteiger partial charge on any atom is -0.459 e. The van der Waals surface area contributed by atoms with Crippen molar-refractivity contribution >= 4 is 29.2 Å². The van der Waals surface area contributed by atoms with Crippen molar-refractivity contribution in [3.8, 4) is 5.69 Å². The zero-order valence-electron chi connectivity index (χ0n) is 19.8. The molecule has 4 aromatic rings. The lowest BCUT2D eigenvalue weighted by Crippen LogP contribution is -2.32. The number of hydrogen-bond donors (Lipinski definition) is 2. The molecule has 4 rings (SSSR count). The molecule has 2 amide bonds. The number of aromatic nitrogens is 2. The number of carbonyl (C=O) groups is 3. The molecule has 0 aliphatic rings. The number of nitrogens with one attached hydrogen (secondary N) is 2. The molecule has 0 bridgehead atoms. The van der Waals surface area contributed by atoms with E-state index in [0.29, 0.717) is 11.4 Å². The maximum absolute atomic E-state index is 13.0. The predicted molar refractivity (Wildman–Crippen MR) is 132 cm³/mol. The SMILES string of the molecule is Cc1c(NC(=O)C(C)OC(=O)c2ccccc2NC(=O)c2ccco2)c(=O)n(-c2ccccc2)n1C. The number of rotatable bonds is 7. The summed E-state index contributed by atoms with van der Waals surface area (Å²) in [5.41, 5.74) is 1.09. The standard InChI is InChI=1S/C26H24N4O6/c1-16-22(25(33)30(29(16)3)18-10-5-4-6-11-18)28-23(31)17(2)36-26(34)19-12-7-8-13-20(19)27-24(32)21-14-9-15-35-21/h4-15,17H,1-3H3,(H,27,32)(H,28,31). The Kier molecular flexibility index (Phi) is 6.86. The smallest absolute Gasteiger partial charge is 0.341 e. The first-order valence-electron chi connectivity index (χ1n) is 11.1. The maximum atomic E-state index is 13.0. The average molecular weight is 489 g/mol. The van der Waals surface area contributed by atoms with Crippen LogP contribution in [0.15, 0.2) is 82.2 Å². The average Bonchev–Trinajstić information content (AvgIpc) is 3.49. The van der Waals surface area contributed by atoms with Gasteiger partial charge >= 0.3 is 5.97 Å². The van der Waals surface area contributed by atoms with Crippen molar-refractivity contribution in [3.05, 3.63) is 100 Å². The molecule has 1 atom stereocenters. The normalized spacial score (nSPS) is 11.5. The number of para-hydroxylation sites is 2. The van der Waals surface area contributed by atoms with E-state index in [4.69, 9.17) is 9.15 Å². The molecule has 1 unspecified atom stereocenters. The number of anilines is 2. The van der Waals surface area contributed by atoms with Crippen LogP contribution in [0.2, 0.25) is 0 Å². The second-order valence-electron chi connectivity index (χ2n) is 7.95. The second kappa shape index (κ2) is 10.2. The third kappa shape index (κ3) is 4.83. The van der Waals surface area contributed by atoms with Crippen molar-refractivity contribution in [1.29, 1.82) is 0 Å². The fourth-order valence-electron chi connectivity index (χ4n) is 3.58. The zero-order valence-corrected chi connectivity index (χ0v) is 19.8. The summed E-state index contributed by atoms with van der Waals surface area (Å²) in [6.07, 6.45) is 0.133. The zero-order chi connectivity index (χ0) is 25.8. The highest BCUT2D eigenvalue weighted by Crippen LogP contribution is 2.19. The lowest BCUT2D eigenvalue weighted by Gasteiger charge is -2.15. The minimum atomic E-state index is -1.23. The van der Waals surface area contributed by atoms with E-state index in [9.17, 15) is 19.2 Å². The largest absolute Gasteiger partial charge is 0.459 e. The quantitative estimate of drug-likeness (QED) is 0.384. The van der Waals surface area contributed by atoms with Gasteiger partial charge < -0.3 is 19.8 Å². The van der Waals surface area contributed by atoms with E-state index in [-0.39, 0.29) is 22.7 Å². The Balaban J connectivity index is 1.48. The number of ether oxygens (including phenoxy) is 1. The van der Waals surface area contributed by atoms with Crippen molar-refractivity contribution in [2.75, 3.05) is 10.6 Å². The topological polar surface area (TPSA) is 125 Å². The van der Waals surface area contributed by atoms with Crippen LogP contribution in [0, 0.1) is 6.92 Å². The Bertz CT molecular complexity index is 1470. The summed E-state index contributed by atoms with van der Waals surface area (Å²) < 4.78 is 13.5. The van der Waals surface area contributed by atoms with Gasteiger partial charge in [-0.2, -0.15) is 0 Å². The van der Waals surface area contributed by atoms with Gasteiger partial charge in [0.2, 0.25) is 0 Å². The Morgan fingerprint density at radius 1 is 0.944 bits per heavy atom. The summed E-state index contributed by atoms with van der Waals surface area (Å²) in [6.45, 7) is 3.09. The Morgan fingerprint density at radius 2 is 1.64 bits per heavy atom. The molecule has 36 heavy (non-hydrogen) atoms. The molecule has 0 saturated carbocycles. The van der Waals surface area contributed by atoms with Crippen LogP contribution in [0.4, 0.5) is 11.4 Å². The highest BCUT2D eigenvalue weighted by Gasteiger charge is 2.25. The molecule has 10 nitrogen and oxygen atoms in total. The summed E-state index contributed by atoms with van der Waals surface area (Å²) >= 11 is 0. The number of benzene rings is 2. The van der Waals surface area contributed by atoms with E-state index in [1.807, 2.05) is 6.07 Å². The third-order valence-electron chi connectivity index (χ3n) is 5.60. The fourth-order valence-corrected chi connectivity index (χ4v) is 3.58. The fraction of sp³-hybridized carbons (Fsp3) is 0.154. The number of amides is 2. The Hall–Kier alpha value is -4.86. The van der Waals surface area contributed by atoms with Gasteiger partial charge in [0, 0.05) is 7.05 Å². The molecule has 0 aliphatic heterocycles. The van der Waals surface area contributed by atoms with Crippen molar-refractivity contribution < 1.29 is 23.5 Å². The molecule has 0 saturated heterocycles. The van der Waals surface area contributed by atoms with Gasteiger partial charge in [0.25, 0.3) is 17.4 Å². The summed E-state index contributed by atoms with van der Waals surface area (Å²) in [4.78, 5) is 51.0. The first-order chi connectivity index (χ1) is 17.3. The number of hydrogen-bond acceptors (Lipinski definition) is 6. The van der Waals surface area contributed by atoms with Crippen LogP contribution in [0.3, 0.4) is 0 Å². The molecule has 184 valence electrons. The van der Waals surface area contributed by atoms with Crippen molar-refractivity contribution in [2.45, 2.75) is 20.0 Å². The van der Waals surface area contributed by atoms with Crippen LogP contribution in [0.5, 0.6) is 0 Å². The molecule has 0 spiro atoms. The van der Waals surface area contributed by atoms with E-state index in [1.165, 1.54) is 36.1 Å². The van der Waals surface area contributed by atoms with Crippen LogP contribution < -0.4 is 16.2 Å². The van der Waals surface area contributed by atoms with Gasteiger partial charge in [0.05, 0.1) is 28.9 Å². The summed E-state index contributed by atoms with van der Waals surface area (Å²) in [7, 11) is 1.71. The summed E-state index contributed by atoms with van der Waals surface area (Å²) in [5, 5.41) is 5.17. The molecule has 10 heteroatoms. The van der Waals surface area contributed by atoms with E-state index in [2.05, 4.69) is 10.6 Å². The molecular weight excluding hydrogens is 464 g/mol. The van der Waals surface area contributed by atoms with E-state index in [1.54, 1.807) is 61.1 Å². The van der Waals surface area contributed by atoms with Crippen LogP contribution >= 0.6 is 0 Å². The summed E-state index contributed by atoms with van der Waals surface area (Å²) in [6, 6.07) is 18.3. The first kappa shape index (κ1) is 24.3. The second-order valence-corrected chi connectivity index (χ2v) is 7.95. The van der Waals surface area contributed by atoms with E-state index < -0.39 is 29.4 Å². The number of carbonyl (C=O) groups excluding carboxylic acids is 3. The number of esters is 1. The van der Waals surface area contributed by atoms with Gasteiger partial charge in [-0.05, 0) is 50.2 Å². The van der Waals surface area contributed by atoms with E-state index >= 15 is 0 Å². The van der Waals surface area contributed by atoms with Gasteiger partial charge in [-0.25, -0.2) is 9.48 Å². The molecule has 0 aliphatic carbocycles. The Morgan fingerprint density at radius 3 is 2.33 bits per heavy atom. The molecule has 2 N–H and O–H groups in total. The third-order valence-corrected chi connectivity index (χ3v) is 5.60. The molecule has 0 radical (unpaired) electrons. The maximum Gasteiger partial charge on any atom is 0.341 e.